The molecule has 1 heterocycles. The normalized spacial score (nSPS) is 13.1. The molecule has 0 unspecified atom stereocenters. The number of nitrogens with one attached hydrogen (secondary N) is 1. The summed E-state index contributed by atoms with van der Waals surface area (Å²) in [6.07, 6.45) is 2.76. The molecule has 1 N–H and O–H groups in total. The van der Waals surface area contributed by atoms with Gasteiger partial charge < -0.3 is 5.32 Å². The number of fused-ring (bicyclic) bond motifs is 1. The minimum atomic E-state index is -0.0273. The van der Waals surface area contributed by atoms with Crippen molar-refractivity contribution in [3.63, 3.8) is 0 Å². The van der Waals surface area contributed by atoms with Crippen LogP contribution in [-0.2, 0) is 19.3 Å². The highest BCUT2D eigenvalue weighted by Gasteiger charge is 2.24. The number of anilines is 2. The first-order valence-electron chi connectivity index (χ1n) is 8.01. The Balaban J connectivity index is 1.87. The predicted octanol–water partition coefficient (Wildman–Crippen LogP) is 4.41. The number of para-hydroxylation sites is 2. The molecule has 0 aromatic heterocycles. The van der Waals surface area contributed by atoms with E-state index in [1.165, 1.54) is 16.7 Å². The van der Waals surface area contributed by atoms with Crippen LogP contribution in [0.25, 0.3) is 0 Å². The molecule has 2 amide bonds. The Bertz CT molecular complexity index is 671. The first-order valence-corrected chi connectivity index (χ1v) is 8.01. The van der Waals surface area contributed by atoms with Crippen LogP contribution in [0, 0.1) is 0 Å². The van der Waals surface area contributed by atoms with E-state index in [1.807, 2.05) is 23.1 Å². The zero-order valence-corrected chi connectivity index (χ0v) is 13.2. The van der Waals surface area contributed by atoms with E-state index in [0.29, 0.717) is 0 Å². The number of nitrogens with zero attached hydrogens (tertiary/aromatic N) is 1. The Morgan fingerprint density at radius 2 is 1.73 bits per heavy atom. The molecule has 1 aliphatic heterocycles. The maximum atomic E-state index is 12.7. The van der Waals surface area contributed by atoms with Crippen LogP contribution in [0.5, 0.6) is 0 Å². The molecule has 0 atom stereocenters. The molecule has 0 aliphatic carbocycles. The number of rotatable bonds is 3. The van der Waals surface area contributed by atoms with Crippen molar-refractivity contribution in [2.45, 2.75) is 33.1 Å². The highest BCUT2D eigenvalue weighted by atomic mass is 16.2. The van der Waals surface area contributed by atoms with Crippen molar-refractivity contribution < 1.29 is 4.79 Å². The fourth-order valence-corrected chi connectivity index (χ4v) is 3.13. The van der Waals surface area contributed by atoms with E-state index in [-0.39, 0.29) is 6.03 Å². The summed E-state index contributed by atoms with van der Waals surface area (Å²) < 4.78 is 0. The quantitative estimate of drug-likeness (QED) is 0.893. The summed E-state index contributed by atoms with van der Waals surface area (Å²) in [7, 11) is 0. The van der Waals surface area contributed by atoms with Gasteiger partial charge in [0, 0.05) is 17.9 Å². The zero-order valence-electron chi connectivity index (χ0n) is 13.2. The molecule has 3 nitrogen and oxygen atoms in total. The number of benzene rings is 2. The van der Waals surface area contributed by atoms with Crippen molar-refractivity contribution in [1.29, 1.82) is 0 Å². The average Bonchev–Trinajstić information content (AvgIpc) is 2.99. The summed E-state index contributed by atoms with van der Waals surface area (Å²) in [5, 5.41) is 3.15. The topological polar surface area (TPSA) is 32.3 Å². The molecule has 1 aliphatic rings. The van der Waals surface area contributed by atoms with Gasteiger partial charge in [-0.15, -0.1) is 0 Å². The van der Waals surface area contributed by atoms with Gasteiger partial charge in [-0.25, -0.2) is 4.79 Å². The molecule has 0 saturated heterocycles. The van der Waals surface area contributed by atoms with Crippen molar-refractivity contribution in [2.24, 2.45) is 0 Å². The molecule has 2 aromatic rings. The zero-order chi connectivity index (χ0) is 15.5. The van der Waals surface area contributed by atoms with Gasteiger partial charge in [0.2, 0.25) is 0 Å². The van der Waals surface area contributed by atoms with E-state index in [0.717, 1.165) is 37.2 Å². The van der Waals surface area contributed by atoms with Gasteiger partial charge >= 0.3 is 6.03 Å². The van der Waals surface area contributed by atoms with E-state index < -0.39 is 0 Å². The van der Waals surface area contributed by atoms with Crippen molar-refractivity contribution >= 4 is 17.4 Å². The third-order valence-electron chi connectivity index (χ3n) is 4.36. The lowest BCUT2D eigenvalue weighted by atomic mass is 10.0. The van der Waals surface area contributed by atoms with Crippen molar-refractivity contribution in [3.05, 3.63) is 59.2 Å². The molecule has 0 bridgehead atoms. The second-order valence-electron chi connectivity index (χ2n) is 5.62. The fraction of sp³-hybridized carbons (Fsp3) is 0.316. The van der Waals surface area contributed by atoms with Gasteiger partial charge in [-0.3, -0.25) is 4.90 Å². The molecule has 2 aromatic carbocycles. The van der Waals surface area contributed by atoms with Crippen molar-refractivity contribution in [3.8, 4) is 0 Å². The summed E-state index contributed by atoms with van der Waals surface area (Å²) in [4.78, 5) is 14.6. The second-order valence-corrected chi connectivity index (χ2v) is 5.62. The predicted molar refractivity (Wildman–Crippen MR) is 91.7 cm³/mol. The second kappa shape index (κ2) is 6.22. The lowest BCUT2D eigenvalue weighted by molar-refractivity contribution is 0.257. The minimum Gasteiger partial charge on any atom is -0.307 e. The van der Waals surface area contributed by atoms with Gasteiger partial charge in [0.25, 0.3) is 0 Å². The highest BCUT2D eigenvalue weighted by molar-refractivity contribution is 6.03. The largest absolute Gasteiger partial charge is 0.326 e. The lowest BCUT2D eigenvalue weighted by Crippen LogP contribution is -2.34. The third kappa shape index (κ3) is 2.59. The monoisotopic (exact) mass is 294 g/mol. The summed E-state index contributed by atoms with van der Waals surface area (Å²) in [5.41, 5.74) is 5.66. The van der Waals surface area contributed by atoms with Gasteiger partial charge in [0.15, 0.2) is 0 Å². The van der Waals surface area contributed by atoms with Gasteiger partial charge in [-0.2, -0.15) is 0 Å². The Hall–Kier alpha value is -2.29. The fourth-order valence-electron chi connectivity index (χ4n) is 3.13. The molecule has 114 valence electrons. The van der Waals surface area contributed by atoms with Crippen LogP contribution in [0.4, 0.5) is 16.2 Å². The van der Waals surface area contributed by atoms with Crippen LogP contribution in [0.15, 0.2) is 42.5 Å². The minimum absolute atomic E-state index is 0.0273. The van der Waals surface area contributed by atoms with Crippen molar-refractivity contribution in [1.82, 2.24) is 0 Å². The van der Waals surface area contributed by atoms with Crippen LogP contribution in [0.1, 0.15) is 30.5 Å². The molecule has 0 spiro atoms. The first kappa shape index (κ1) is 14.6. The molecule has 22 heavy (non-hydrogen) atoms. The Morgan fingerprint density at radius 3 is 2.41 bits per heavy atom. The number of carbonyl (C=O) groups is 1. The molecule has 0 radical (unpaired) electrons. The standard InChI is InChI=1S/C19H22N2O/c1-3-14-9-7-10-15(4-2)18(14)20-19(22)21-13-12-16-8-5-6-11-17(16)21/h5-11H,3-4,12-13H2,1-2H3,(H,20,22). The molecule has 3 rings (SSSR count). The Morgan fingerprint density at radius 1 is 1.05 bits per heavy atom. The van der Waals surface area contributed by atoms with Gasteiger partial charge in [0.1, 0.15) is 0 Å². The Kier molecular flexibility index (Phi) is 4.14. The summed E-state index contributed by atoms with van der Waals surface area (Å²) in [6.45, 7) is 4.99. The number of hydrogen-bond acceptors (Lipinski definition) is 1. The molecular formula is C19H22N2O. The van der Waals surface area contributed by atoms with E-state index in [4.69, 9.17) is 0 Å². The van der Waals surface area contributed by atoms with E-state index >= 15 is 0 Å². The SMILES string of the molecule is CCc1cccc(CC)c1NC(=O)N1CCc2ccccc21. The Labute approximate surface area is 132 Å². The van der Waals surface area contributed by atoms with Gasteiger partial charge in [-0.1, -0.05) is 50.2 Å². The van der Waals surface area contributed by atoms with Crippen LogP contribution in [-0.4, -0.2) is 12.6 Å². The van der Waals surface area contributed by atoms with Crippen LogP contribution in [0.3, 0.4) is 0 Å². The number of urea groups is 1. The summed E-state index contributed by atoms with van der Waals surface area (Å²) in [6, 6.07) is 14.4. The van der Waals surface area contributed by atoms with Crippen LogP contribution in [0.2, 0.25) is 0 Å². The number of aryl methyl sites for hydroxylation is 2. The number of carbonyl (C=O) groups excluding carboxylic acids is 1. The summed E-state index contributed by atoms with van der Waals surface area (Å²) >= 11 is 0. The average molecular weight is 294 g/mol. The number of amides is 2. The maximum Gasteiger partial charge on any atom is 0.326 e. The third-order valence-corrected chi connectivity index (χ3v) is 4.36. The summed E-state index contributed by atoms with van der Waals surface area (Å²) in [5.74, 6) is 0. The maximum absolute atomic E-state index is 12.7. The van der Waals surface area contributed by atoms with Gasteiger partial charge in [-0.05, 0) is 42.0 Å². The first-order chi connectivity index (χ1) is 10.7. The molecule has 0 fully saturated rings. The molecular weight excluding hydrogens is 272 g/mol. The van der Waals surface area contributed by atoms with Gasteiger partial charge in [0.05, 0.1) is 0 Å². The van der Waals surface area contributed by atoms with Crippen LogP contribution >= 0.6 is 0 Å². The van der Waals surface area contributed by atoms with E-state index in [2.05, 4.69) is 43.4 Å². The molecule has 0 saturated carbocycles. The van der Waals surface area contributed by atoms with Crippen LogP contribution < -0.4 is 10.2 Å². The number of hydrogen-bond donors (Lipinski definition) is 1. The van der Waals surface area contributed by atoms with Crippen molar-refractivity contribution in [2.75, 3.05) is 16.8 Å². The van der Waals surface area contributed by atoms with E-state index in [1.54, 1.807) is 0 Å². The molecule has 3 heteroatoms. The van der Waals surface area contributed by atoms with E-state index in [9.17, 15) is 4.79 Å². The highest BCUT2D eigenvalue weighted by Crippen LogP contribution is 2.29. The smallest absolute Gasteiger partial charge is 0.307 e. The lowest BCUT2D eigenvalue weighted by Gasteiger charge is -2.21.